The number of nitrogens with zero attached hydrogens (tertiary/aromatic N) is 3. The number of hydrogen-bond acceptors (Lipinski definition) is 6. The maximum atomic E-state index is 11.7. The van der Waals surface area contributed by atoms with Crippen LogP contribution in [0.3, 0.4) is 0 Å². The molecule has 23 heavy (non-hydrogen) atoms. The van der Waals surface area contributed by atoms with Crippen LogP contribution in [0.2, 0.25) is 0 Å². The molecule has 7 nitrogen and oxygen atoms in total. The molecule has 0 spiro atoms. The molecule has 0 saturated heterocycles. The van der Waals surface area contributed by atoms with Crippen LogP contribution >= 0.6 is 23.1 Å². The SMILES string of the molecule is C=CCNC(=O)NC(=O)CSc1nnc(Cc2cccs2)n1C. The highest BCUT2D eigenvalue weighted by Gasteiger charge is 2.13. The molecule has 3 amide bonds. The molecule has 2 rings (SSSR count). The highest BCUT2D eigenvalue weighted by Crippen LogP contribution is 2.18. The minimum absolute atomic E-state index is 0.0898. The largest absolute Gasteiger partial charge is 0.334 e. The van der Waals surface area contributed by atoms with Crippen LogP contribution in [-0.4, -0.2) is 39.0 Å². The summed E-state index contributed by atoms with van der Waals surface area (Å²) in [5, 5.41) is 15.6. The fourth-order valence-corrected chi connectivity index (χ4v) is 3.13. The van der Waals surface area contributed by atoms with Crippen LogP contribution in [0, 0.1) is 0 Å². The summed E-state index contributed by atoms with van der Waals surface area (Å²) in [6.07, 6.45) is 2.24. The summed E-state index contributed by atoms with van der Waals surface area (Å²) in [6.45, 7) is 3.78. The van der Waals surface area contributed by atoms with Crippen molar-refractivity contribution in [3.05, 3.63) is 40.9 Å². The lowest BCUT2D eigenvalue weighted by Gasteiger charge is -2.05. The van der Waals surface area contributed by atoms with E-state index in [9.17, 15) is 9.59 Å². The van der Waals surface area contributed by atoms with Gasteiger partial charge in [-0.2, -0.15) is 0 Å². The third kappa shape index (κ3) is 5.22. The first-order valence-electron chi connectivity index (χ1n) is 6.82. The molecule has 0 bridgehead atoms. The number of amides is 3. The molecule has 0 atom stereocenters. The Bertz CT molecular complexity index is 681. The summed E-state index contributed by atoms with van der Waals surface area (Å²) < 4.78 is 1.86. The zero-order valence-electron chi connectivity index (χ0n) is 12.6. The lowest BCUT2D eigenvalue weighted by molar-refractivity contribution is -0.117. The van der Waals surface area contributed by atoms with Gasteiger partial charge in [-0.3, -0.25) is 10.1 Å². The Balaban J connectivity index is 1.84. The molecule has 0 unspecified atom stereocenters. The van der Waals surface area contributed by atoms with Crippen LogP contribution in [0.1, 0.15) is 10.7 Å². The number of imide groups is 1. The number of thiophene rings is 1. The van der Waals surface area contributed by atoms with Gasteiger partial charge in [0.05, 0.1) is 5.75 Å². The number of aromatic nitrogens is 3. The van der Waals surface area contributed by atoms with Crippen LogP contribution in [0.25, 0.3) is 0 Å². The summed E-state index contributed by atoms with van der Waals surface area (Å²) >= 11 is 2.90. The van der Waals surface area contributed by atoms with Crippen molar-refractivity contribution in [1.29, 1.82) is 0 Å². The lowest BCUT2D eigenvalue weighted by atomic mass is 10.3. The van der Waals surface area contributed by atoms with Gasteiger partial charge in [-0.05, 0) is 11.4 Å². The van der Waals surface area contributed by atoms with Gasteiger partial charge >= 0.3 is 6.03 Å². The van der Waals surface area contributed by atoms with Crippen LogP contribution in [-0.2, 0) is 18.3 Å². The number of rotatable bonds is 7. The maximum absolute atomic E-state index is 11.7. The third-order valence-electron chi connectivity index (χ3n) is 2.83. The van der Waals surface area contributed by atoms with Crippen molar-refractivity contribution >= 4 is 35.0 Å². The molecule has 0 aliphatic heterocycles. The standard InChI is InChI=1S/C14H17N5O2S2/c1-3-6-15-13(21)16-12(20)9-23-14-18-17-11(19(14)2)8-10-5-4-7-22-10/h3-5,7H,1,6,8-9H2,2H3,(H2,15,16,20,21). The molecule has 0 fully saturated rings. The average molecular weight is 351 g/mol. The number of urea groups is 1. The smallest absolute Gasteiger partial charge is 0.321 e. The molecule has 2 heterocycles. The van der Waals surface area contributed by atoms with Gasteiger partial charge in [0.2, 0.25) is 5.91 Å². The Labute approximate surface area is 142 Å². The van der Waals surface area contributed by atoms with Gasteiger partial charge in [0.25, 0.3) is 0 Å². The van der Waals surface area contributed by atoms with Crippen LogP contribution in [0.4, 0.5) is 4.79 Å². The Hall–Kier alpha value is -2.13. The average Bonchev–Trinajstić information content (AvgIpc) is 3.15. The minimum Gasteiger partial charge on any atom is -0.334 e. The summed E-state index contributed by atoms with van der Waals surface area (Å²) in [7, 11) is 1.86. The summed E-state index contributed by atoms with van der Waals surface area (Å²) in [5.41, 5.74) is 0. The van der Waals surface area contributed by atoms with Crippen molar-refractivity contribution in [3.63, 3.8) is 0 Å². The molecule has 0 aliphatic rings. The number of nitrogens with one attached hydrogen (secondary N) is 2. The normalized spacial score (nSPS) is 10.3. The van der Waals surface area contributed by atoms with E-state index in [-0.39, 0.29) is 11.7 Å². The summed E-state index contributed by atoms with van der Waals surface area (Å²) in [4.78, 5) is 24.2. The predicted octanol–water partition coefficient (Wildman–Crippen LogP) is 1.57. The number of carbonyl (C=O) groups excluding carboxylic acids is 2. The van der Waals surface area contributed by atoms with E-state index in [2.05, 4.69) is 27.4 Å². The second-order valence-corrected chi connectivity index (χ2v) is 6.52. The summed E-state index contributed by atoms with van der Waals surface area (Å²) in [6, 6.07) is 3.50. The van der Waals surface area contributed by atoms with E-state index < -0.39 is 6.03 Å². The van der Waals surface area contributed by atoms with E-state index in [4.69, 9.17) is 0 Å². The van der Waals surface area contributed by atoms with Gasteiger partial charge in [-0.15, -0.1) is 28.1 Å². The molecule has 0 aliphatic carbocycles. The van der Waals surface area contributed by atoms with Gasteiger partial charge in [0.15, 0.2) is 5.16 Å². The fourth-order valence-electron chi connectivity index (χ4n) is 1.70. The topological polar surface area (TPSA) is 88.9 Å². The predicted molar refractivity (Wildman–Crippen MR) is 90.6 cm³/mol. The first-order chi connectivity index (χ1) is 11.1. The quantitative estimate of drug-likeness (QED) is 0.584. The number of hydrogen-bond donors (Lipinski definition) is 2. The monoisotopic (exact) mass is 351 g/mol. The molecule has 2 aromatic rings. The summed E-state index contributed by atoms with van der Waals surface area (Å²) in [5.74, 6) is 0.533. The zero-order chi connectivity index (χ0) is 16.7. The molecule has 0 saturated carbocycles. The second-order valence-electron chi connectivity index (χ2n) is 4.55. The highest BCUT2D eigenvalue weighted by molar-refractivity contribution is 7.99. The van der Waals surface area contributed by atoms with Gasteiger partial charge < -0.3 is 9.88 Å². The molecular weight excluding hydrogens is 334 g/mol. The molecule has 9 heteroatoms. The molecule has 0 radical (unpaired) electrons. The van der Waals surface area contributed by atoms with Crippen LogP contribution in [0.5, 0.6) is 0 Å². The molecule has 122 valence electrons. The Morgan fingerprint density at radius 2 is 2.30 bits per heavy atom. The minimum atomic E-state index is -0.535. The lowest BCUT2D eigenvalue weighted by Crippen LogP contribution is -2.40. The zero-order valence-corrected chi connectivity index (χ0v) is 14.2. The van der Waals surface area contributed by atoms with Crippen LogP contribution < -0.4 is 10.6 Å². The van der Waals surface area contributed by atoms with Gasteiger partial charge in [-0.1, -0.05) is 23.9 Å². The van der Waals surface area contributed by atoms with Crippen LogP contribution in [0.15, 0.2) is 35.3 Å². The fraction of sp³-hybridized carbons (Fsp3) is 0.286. The van der Waals surface area contributed by atoms with E-state index in [0.717, 1.165) is 5.82 Å². The van der Waals surface area contributed by atoms with Crippen molar-refractivity contribution in [2.45, 2.75) is 11.6 Å². The van der Waals surface area contributed by atoms with Gasteiger partial charge in [0.1, 0.15) is 5.82 Å². The molecule has 2 N–H and O–H groups in total. The molecule has 0 aromatic carbocycles. The Morgan fingerprint density at radius 1 is 1.48 bits per heavy atom. The third-order valence-corrected chi connectivity index (χ3v) is 4.73. The van der Waals surface area contributed by atoms with E-state index in [1.807, 2.05) is 29.1 Å². The Kier molecular flexibility index (Phi) is 6.36. The van der Waals surface area contributed by atoms with Gasteiger partial charge in [0, 0.05) is 24.9 Å². The van der Waals surface area contributed by atoms with Crippen molar-refractivity contribution in [3.8, 4) is 0 Å². The first-order valence-corrected chi connectivity index (χ1v) is 8.68. The van der Waals surface area contributed by atoms with E-state index >= 15 is 0 Å². The van der Waals surface area contributed by atoms with Crippen molar-refractivity contribution in [1.82, 2.24) is 25.4 Å². The highest BCUT2D eigenvalue weighted by atomic mass is 32.2. The maximum Gasteiger partial charge on any atom is 0.321 e. The van der Waals surface area contributed by atoms with Crippen molar-refractivity contribution in [2.24, 2.45) is 7.05 Å². The van der Waals surface area contributed by atoms with Gasteiger partial charge in [-0.25, -0.2) is 4.79 Å². The van der Waals surface area contributed by atoms with Crippen molar-refractivity contribution < 1.29 is 9.59 Å². The van der Waals surface area contributed by atoms with E-state index in [0.29, 0.717) is 18.1 Å². The van der Waals surface area contributed by atoms with E-state index in [1.54, 1.807) is 11.3 Å². The number of thioether (sulfide) groups is 1. The molecular formula is C14H17N5O2S2. The second kappa shape index (κ2) is 8.49. The molecule has 2 aromatic heterocycles. The first kappa shape index (κ1) is 17.2. The van der Waals surface area contributed by atoms with Crippen molar-refractivity contribution in [2.75, 3.05) is 12.3 Å². The number of carbonyl (C=O) groups is 2. The Morgan fingerprint density at radius 3 is 3.00 bits per heavy atom. The van der Waals surface area contributed by atoms with E-state index in [1.165, 1.54) is 22.7 Å².